The van der Waals surface area contributed by atoms with Gasteiger partial charge in [0.25, 0.3) is 0 Å². The number of ether oxygens (including phenoxy) is 1. The highest BCUT2D eigenvalue weighted by Gasteiger charge is 2.05. The minimum atomic E-state index is -0.389. The number of hydrogen-bond acceptors (Lipinski definition) is 3. The molecule has 0 spiro atoms. The largest absolute Gasteiger partial charge is 0.489 e. The molecule has 2 N–H and O–H groups in total. The molecule has 0 atom stereocenters. The van der Waals surface area contributed by atoms with Crippen LogP contribution in [0.15, 0.2) is 42.5 Å². The molecule has 2 rings (SSSR count). The third-order valence-electron chi connectivity index (χ3n) is 2.77. The fraction of sp³-hybridized carbons (Fsp3) is 0.118. The maximum atomic E-state index is 13.2. The van der Waals surface area contributed by atoms with Gasteiger partial charge in [0, 0.05) is 11.1 Å². The Hall–Kier alpha value is -2.82. The van der Waals surface area contributed by atoms with E-state index in [1.807, 2.05) is 18.2 Å². The fourth-order valence-electron chi connectivity index (χ4n) is 1.74. The van der Waals surface area contributed by atoms with Crippen LogP contribution in [0.2, 0.25) is 0 Å². The molecule has 0 amide bonds. The number of nitrogens with two attached hydrogens (primary N) is 1. The van der Waals surface area contributed by atoms with Gasteiger partial charge in [-0.15, -0.1) is 0 Å². The van der Waals surface area contributed by atoms with Crippen molar-refractivity contribution in [1.29, 1.82) is 5.26 Å². The molecule has 0 bridgehead atoms. The maximum Gasteiger partial charge on any atom is 0.123 e. The van der Waals surface area contributed by atoms with Crippen LogP contribution in [0.25, 0.3) is 0 Å². The average Bonchev–Trinajstić information content (AvgIpc) is 2.52. The van der Waals surface area contributed by atoms with E-state index in [1.54, 1.807) is 12.1 Å². The summed E-state index contributed by atoms with van der Waals surface area (Å²) in [6, 6.07) is 13.2. The molecular formula is C17H13FN2O. The average molecular weight is 280 g/mol. The van der Waals surface area contributed by atoms with Crippen LogP contribution in [-0.2, 0) is 6.61 Å². The van der Waals surface area contributed by atoms with E-state index < -0.39 is 0 Å². The molecule has 0 aliphatic rings. The third kappa shape index (κ3) is 4.07. The summed E-state index contributed by atoms with van der Waals surface area (Å²) < 4.78 is 18.7. The van der Waals surface area contributed by atoms with Gasteiger partial charge < -0.3 is 10.5 Å². The first-order chi connectivity index (χ1) is 10.2. The maximum absolute atomic E-state index is 13.2. The second-order valence-electron chi connectivity index (χ2n) is 4.23. The highest BCUT2D eigenvalue weighted by atomic mass is 19.1. The molecule has 0 radical (unpaired) electrons. The van der Waals surface area contributed by atoms with Crippen molar-refractivity contribution in [3.63, 3.8) is 0 Å². The van der Waals surface area contributed by atoms with E-state index in [0.29, 0.717) is 23.4 Å². The minimum absolute atomic E-state index is 0.133. The summed E-state index contributed by atoms with van der Waals surface area (Å²) in [4.78, 5) is 0. The minimum Gasteiger partial charge on any atom is -0.489 e. The summed E-state index contributed by atoms with van der Waals surface area (Å²) in [6.45, 7) is 0.448. The SMILES string of the molecule is N#Cc1ccc(F)cc1COc1ccc(C#CCN)cc1. The Kier molecular flexibility index (Phi) is 4.93. The molecule has 4 heteroatoms. The summed E-state index contributed by atoms with van der Waals surface area (Å²) in [6.07, 6.45) is 0. The van der Waals surface area contributed by atoms with Gasteiger partial charge in [0.2, 0.25) is 0 Å². The predicted molar refractivity (Wildman–Crippen MR) is 77.8 cm³/mol. The highest BCUT2D eigenvalue weighted by Crippen LogP contribution is 2.16. The first-order valence-electron chi connectivity index (χ1n) is 6.33. The topological polar surface area (TPSA) is 59.0 Å². The first kappa shape index (κ1) is 14.6. The number of hydrogen-bond donors (Lipinski definition) is 1. The zero-order chi connectivity index (χ0) is 15.1. The molecule has 0 aromatic heterocycles. The van der Waals surface area contributed by atoms with Crippen LogP contribution in [0.3, 0.4) is 0 Å². The first-order valence-corrected chi connectivity index (χ1v) is 6.33. The fourth-order valence-corrected chi connectivity index (χ4v) is 1.74. The van der Waals surface area contributed by atoms with Crippen molar-refractivity contribution in [3.05, 3.63) is 65.0 Å². The van der Waals surface area contributed by atoms with E-state index in [4.69, 9.17) is 15.7 Å². The van der Waals surface area contributed by atoms with E-state index in [-0.39, 0.29) is 12.4 Å². The van der Waals surface area contributed by atoms with Gasteiger partial charge in [-0.1, -0.05) is 11.8 Å². The van der Waals surface area contributed by atoms with E-state index in [1.165, 1.54) is 18.2 Å². The number of rotatable bonds is 3. The summed E-state index contributed by atoms with van der Waals surface area (Å²) in [5.41, 5.74) is 7.07. The molecule has 0 aliphatic heterocycles. The Balaban J connectivity index is 2.07. The quantitative estimate of drug-likeness (QED) is 0.879. The molecule has 0 heterocycles. The van der Waals surface area contributed by atoms with Gasteiger partial charge in [-0.3, -0.25) is 0 Å². The van der Waals surface area contributed by atoms with Crippen LogP contribution >= 0.6 is 0 Å². The number of nitrogens with zero attached hydrogens (tertiary/aromatic N) is 1. The lowest BCUT2D eigenvalue weighted by molar-refractivity contribution is 0.305. The monoisotopic (exact) mass is 280 g/mol. The molecule has 2 aromatic carbocycles. The molecule has 0 unspecified atom stereocenters. The standard InChI is InChI=1S/C17H13FN2O/c18-16-6-5-14(11-20)15(10-16)12-21-17-7-3-13(4-8-17)2-1-9-19/h3-8,10H,9,12,19H2. The highest BCUT2D eigenvalue weighted by molar-refractivity contribution is 5.40. The van der Waals surface area contributed by atoms with Crippen molar-refractivity contribution in [1.82, 2.24) is 0 Å². The van der Waals surface area contributed by atoms with Crippen LogP contribution in [-0.4, -0.2) is 6.54 Å². The van der Waals surface area contributed by atoms with Crippen molar-refractivity contribution in [3.8, 4) is 23.7 Å². The molecule has 2 aromatic rings. The predicted octanol–water partition coefficient (Wildman–Crippen LogP) is 2.59. The zero-order valence-corrected chi connectivity index (χ0v) is 11.3. The van der Waals surface area contributed by atoms with Gasteiger partial charge in [-0.25, -0.2) is 4.39 Å². The molecular weight excluding hydrogens is 267 g/mol. The molecule has 3 nitrogen and oxygen atoms in total. The van der Waals surface area contributed by atoms with Gasteiger partial charge >= 0.3 is 0 Å². The van der Waals surface area contributed by atoms with Crippen molar-refractivity contribution < 1.29 is 9.13 Å². The Bertz CT molecular complexity index is 721. The van der Waals surface area contributed by atoms with E-state index in [9.17, 15) is 4.39 Å². The lowest BCUT2D eigenvalue weighted by Crippen LogP contribution is -1.99. The summed E-state index contributed by atoms with van der Waals surface area (Å²) >= 11 is 0. The van der Waals surface area contributed by atoms with Gasteiger partial charge in [-0.2, -0.15) is 5.26 Å². The van der Waals surface area contributed by atoms with Gasteiger partial charge in [0.05, 0.1) is 18.2 Å². The Morgan fingerprint density at radius 2 is 1.90 bits per heavy atom. The van der Waals surface area contributed by atoms with Crippen molar-refractivity contribution in [2.24, 2.45) is 5.73 Å². The smallest absolute Gasteiger partial charge is 0.123 e. The van der Waals surface area contributed by atoms with E-state index >= 15 is 0 Å². The summed E-state index contributed by atoms with van der Waals surface area (Å²) in [7, 11) is 0. The lowest BCUT2D eigenvalue weighted by atomic mass is 10.1. The van der Waals surface area contributed by atoms with Crippen LogP contribution < -0.4 is 10.5 Å². The van der Waals surface area contributed by atoms with Crippen LogP contribution in [0.1, 0.15) is 16.7 Å². The molecule has 21 heavy (non-hydrogen) atoms. The number of halogens is 1. The van der Waals surface area contributed by atoms with Crippen molar-refractivity contribution in [2.45, 2.75) is 6.61 Å². The van der Waals surface area contributed by atoms with Gasteiger partial charge in [-0.05, 0) is 42.5 Å². The normalized spacial score (nSPS) is 9.38. The molecule has 104 valence electrons. The van der Waals surface area contributed by atoms with Crippen molar-refractivity contribution >= 4 is 0 Å². The third-order valence-corrected chi connectivity index (χ3v) is 2.77. The van der Waals surface area contributed by atoms with E-state index in [0.717, 1.165) is 5.56 Å². The molecule has 0 saturated carbocycles. The second-order valence-corrected chi connectivity index (χ2v) is 4.23. The van der Waals surface area contributed by atoms with Crippen LogP contribution in [0, 0.1) is 29.0 Å². The molecule has 0 fully saturated rings. The van der Waals surface area contributed by atoms with Crippen LogP contribution in [0.5, 0.6) is 5.75 Å². The summed E-state index contributed by atoms with van der Waals surface area (Å²) in [5.74, 6) is 5.91. The second kappa shape index (κ2) is 7.09. The zero-order valence-electron chi connectivity index (χ0n) is 11.3. The van der Waals surface area contributed by atoms with E-state index in [2.05, 4.69) is 11.8 Å². The van der Waals surface area contributed by atoms with Gasteiger partial charge in [0.15, 0.2) is 0 Å². The number of nitriles is 1. The summed E-state index contributed by atoms with van der Waals surface area (Å²) in [5, 5.41) is 8.97. The Morgan fingerprint density at radius 1 is 1.14 bits per heavy atom. The number of benzene rings is 2. The Labute approximate surface area is 122 Å². The molecule has 0 aliphatic carbocycles. The van der Waals surface area contributed by atoms with Crippen molar-refractivity contribution in [2.75, 3.05) is 6.54 Å². The molecule has 0 saturated heterocycles. The van der Waals surface area contributed by atoms with Gasteiger partial charge in [0.1, 0.15) is 18.2 Å². The van der Waals surface area contributed by atoms with Crippen LogP contribution in [0.4, 0.5) is 4.39 Å². The Morgan fingerprint density at radius 3 is 2.57 bits per heavy atom. The lowest BCUT2D eigenvalue weighted by Gasteiger charge is -2.08.